The Labute approximate surface area is 193 Å². The molecule has 2 heterocycles. The summed E-state index contributed by atoms with van der Waals surface area (Å²) in [5, 5.41) is 7.11. The molecule has 33 heavy (non-hydrogen) atoms. The van der Waals surface area contributed by atoms with Gasteiger partial charge >= 0.3 is 0 Å². The van der Waals surface area contributed by atoms with Crippen LogP contribution < -0.4 is 5.32 Å². The first-order valence-corrected chi connectivity index (χ1v) is 11.4. The summed E-state index contributed by atoms with van der Waals surface area (Å²) in [5.41, 5.74) is 4.15. The van der Waals surface area contributed by atoms with Crippen molar-refractivity contribution >= 4 is 5.91 Å². The lowest BCUT2D eigenvalue weighted by Crippen LogP contribution is -2.29. The van der Waals surface area contributed by atoms with E-state index in [2.05, 4.69) is 51.4 Å². The van der Waals surface area contributed by atoms with Crippen LogP contribution in [0.25, 0.3) is 22.6 Å². The number of hydrogen-bond donors (Lipinski definition) is 2. The highest BCUT2D eigenvalue weighted by Crippen LogP contribution is 2.22. The Kier molecular flexibility index (Phi) is 6.98. The summed E-state index contributed by atoms with van der Waals surface area (Å²) in [6.07, 6.45) is 3.17. The highest BCUT2D eigenvalue weighted by Gasteiger charge is 2.17. The molecule has 4 aromatic rings. The number of benzene rings is 2. The Hall–Kier alpha value is -3.74. The van der Waals surface area contributed by atoms with Gasteiger partial charge in [-0.2, -0.15) is 4.98 Å². The van der Waals surface area contributed by atoms with Crippen LogP contribution in [-0.2, 0) is 11.2 Å². The van der Waals surface area contributed by atoms with Crippen LogP contribution in [0, 0.1) is 0 Å². The van der Waals surface area contributed by atoms with Crippen LogP contribution in [-0.4, -0.2) is 26.0 Å². The minimum atomic E-state index is -0.187. The van der Waals surface area contributed by atoms with Crippen LogP contribution in [0.2, 0.25) is 0 Å². The number of aryl methyl sites for hydroxylation is 1. The van der Waals surface area contributed by atoms with Crippen molar-refractivity contribution < 1.29 is 9.32 Å². The summed E-state index contributed by atoms with van der Waals surface area (Å²) in [6, 6.07) is 17.9. The first kappa shape index (κ1) is 22.5. The van der Waals surface area contributed by atoms with Crippen molar-refractivity contribution in [2.24, 2.45) is 0 Å². The third kappa shape index (κ3) is 5.55. The van der Waals surface area contributed by atoms with Crippen molar-refractivity contribution in [3.05, 3.63) is 78.1 Å². The molecule has 0 aliphatic carbocycles. The zero-order chi connectivity index (χ0) is 23.2. The number of aromatic amines is 1. The van der Waals surface area contributed by atoms with Gasteiger partial charge in [-0.05, 0) is 23.5 Å². The molecule has 2 aromatic carbocycles. The number of H-pyrrole nitrogens is 1. The first-order valence-electron chi connectivity index (χ1n) is 11.4. The van der Waals surface area contributed by atoms with E-state index in [-0.39, 0.29) is 18.4 Å². The van der Waals surface area contributed by atoms with Crippen LogP contribution in [0.15, 0.2) is 65.3 Å². The fraction of sp³-hybridized carbons (Fsp3) is 0.308. The zero-order valence-electron chi connectivity index (χ0n) is 19.2. The number of hydrogen-bond acceptors (Lipinski definition) is 5. The highest BCUT2D eigenvalue weighted by molar-refractivity contribution is 5.76. The number of carbonyl (C=O) groups excluding carboxylic acids is 1. The van der Waals surface area contributed by atoms with E-state index in [1.807, 2.05) is 49.4 Å². The highest BCUT2D eigenvalue weighted by atomic mass is 16.5. The minimum Gasteiger partial charge on any atom is -0.346 e. The number of carbonyl (C=O) groups is 1. The molecule has 7 nitrogen and oxygen atoms in total. The van der Waals surface area contributed by atoms with Gasteiger partial charge in [0.2, 0.25) is 17.6 Å². The van der Waals surface area contributed by atoms with E-state index >= 15 is 0 Å². The molecule has 0 aliphatic rings. The zero-order valence-corrected chi connectivity index (χ0v) is 19.2. The molecule has 0 fully saturated rings. The number of nitrogens with one attached hydrogen (secondary N) is 2. The first-order chi connectivity index (χ1) is 16.0. The maximum Gasteiger partial charge on any atom is 0.227 e. The van der Waals surface area contributed by atoms with E-state index in [1.54, 1.807) is 6.20 Å². The fourth-order valence-corrected chi connectivity index (χ4v) is 3.62. The number of rotatable bonds is 9. The molecule has 0 spiro atoms. The van der Waals surface area contributed by atoms with Crippen molar-refractivity contribution in [2.45, 2.75) is 52.0 Å². The van der Waals surface area contributed by atoms with Crippen molar-refractivity contribution in [1.82, 2.24) is 25.4 Å². The molecule has 0 radical (unpaired) electrons. The predicted octanol–water partition coefficient (Wildman–Crippen LogP) is 5.45. The number of amides is 1. The monoisotopic (exact) mass is 443 g/mol. The Morgan fingerprint density at radius 3 is 2.52 bits per heavy atom. The van der Waals surface area contributed by atoms with Crippen LogP contribution in [0.1, 0.15) is 62.9 Å². The Balaban J connectivity index is 1.33. The van der Waals surface area contributed by atoms with Crippen molar-refractivity contribution in [1.29, 1.82) is 0 Å². The molecule has 0 saturated carbocycles. The number of nitrogens with zero attached hydrogens (tertiary/aromatic N) is 3. The van der Waals surface area contributed by atoms with E-state index in [4.69, 9.17) is 4.52 Å². The molecule has 0 saturated heterocycles. The van der Waals surface area contributed by atoms with Gasteiger partial charge in [-0.1, -0.05) is 80.5 Å². The van der Waals surface area contributed by atoms with E-state index < -0.39 is 0 Å². The van der Waals surface area contributed by atoms with Gasteiger partial charge in [-0.25, -0.2) is 4.98 Å². The van der Waals surface area contributed by atoms with Gasteiger partial charge in [-0.15, -0.1) is 0 Å². The van der Waals surface area contributed by atoms with E-state index in [0.29, 0.717) is 24.1 Å². The van der Waals surface area contributed by atoms with Gasteiger partial charge in [0.05, 0.1) is 17.9 Å². The van der Waals surface area contributed by atoms with Crippen molar-refractivity contribution in [3.8, 4) is 22.6 Å². The molecule has 1 atom stereocenters. The predicted molar refractivity (Wildman–Crippen MR) is 127 cm³/mol. The second-order valence-corrected chi connectivity index (χ2v) is 8.36. The molecule has 1 unspecified atom stereocenters. The molecule has 4 rings (SSSR count). The Morgan fingerprint density at radius 1 is 1.06 bits per heavy atom. The van der Waals surface area contributed by atoms with E-state index in [0.717, 1.165) is 29.1 Å². The van der Waals surface area contributed by atoms with Gasteiger partial charge < -0.3 is 14.8 Å². The summed E-state index contributed by atoms with van der Waals surface area (Å²) in [7, 11) is 0. The summed E-state index contributed by atoms with van der Waals surface area (Å²) in [4.78, 5) is 24.8. The van der Waals surface area contributed by atoms with Crippen molar-refractivity contribution in [3.63, 3.8) is 0 Å². The second kappa shape index (κ2) is 10.3. The van der Waals surface area contributed by atoms with Crippen LogP contribution in [0.3, 0.4) is 0 Å². The lowest BCUT2D eigenvalue weighted by atomic mass is 10.0. The van der Waals surface area contributed by atoms with Gasteiger partial charge in [0.15, 0.2) is 0 Å². The molecule has 170 valence electrons. The lowest BCUT2D eigenvalue weighted by Gasteiger charge is -2.14. The molecular weight excluding hydrogens is 414 g/mol. The Bertz CT molecular complexity index is 1180. The maximum atomic E-state index is 12.6. The van der Waals surface area contributed by atoms with Gasteiger partial charge in [0, 0.05) is 18.4 Å². The summed E-state index contributed by atoms with van der Waals surface area (Å²) >= 11 is 0. The summed E-state index contributed by atoms with van der Waals surface area (Å²) in [6.45, 7) is 6.33. The maximum absolute atomic E-state index is 12.6. The molecule has 2 N–H and O–H groups in total. The average Bonchev–Trinajstić information content (AvgIpc) is 3.52. The topological polar surface area (TPSA) is 96.7 Å². The van der Waals surface area contributed by atoms with Crippen molar-refractivity contribution in [2.75, 3.05) is 0 Å². The number of imidazole rings is 1. The molecule has 0 aliphatic heterocycles. The molecule has 0 bridgehead atoms. The normalized spacial score (nSPS) is 12.1. The van der Waals surface area contributed by atoms with Crippen LogP contribution in [0.5, 0.6) is 0 Å². The fourth-order valence-electron chi connectivity index (χ4n) is 3.62. The third-order valence-corrected chi connectivity index (χ3v) is 5.62. The Morgan fingerprint density at radius 2 is 1.82 bits per heavy atom. The van der Waals surface area contributed by atoms with E-state index in [1.165, 1.54) is 5.56 Å². The second-order valence-electron chi connectivity index (χ2n) is 8.36. The SMILES string of the molecule is CCC(NC(=O)CCc1nc(-c2ccc(C(C)C)cc2)no1)c1ncc(-c2ccccc2)[nH]1. The number of aromatic nitrogens is 4. The van der Waals surface area contributed by atoms with Crippen LogP contribution >= 0.6 is 0 Å². The molecular formula is C26H29N5O2. The van der Waals surface area contributed by atoms with Crippen LogP contribution in [0.4, 0.5) is 0 Å². The largest absolute Gasteiger partial charge is 0.346 e. The lowest BCUT2D eigenvalue weighted by molar-refractivity contribution is -0.122. The quantitative estimate of drug-likeness (QED) is 0.358. The summed E-state index contributed by atoms with van der Waals surface area (Å²) < 4.78 is 5.36. The minimum absolute atomic E-state index is 0.0828. The smallest absolute Gasteiger partial charge is 0.227 e. The standard InChI is InChI=1S/C26H29N5O2/c1-4-21(26-27-16-22(29-26)19-8-6-5-7-9-19)28-23(32)14-15-24-30-25(31-33-24)20-12-10-18(11-13-20)17(2)3/h5-13,16-17,21H,4,14-15H2,1-3H3,(H,27,29)(H,28,32). The molecule has 2 aromatic heterocycles. The van der Waals surface area contributed by atoms with Gasteiger partial charge in [0.25, 0.3) is 0 Å². The van der Waals surface area contributed by atoms with Gasteiger partial charge in [0.1, 0.15) is 5.82 Å². The molecule has 1 amide bonds. The summed E-state index contributed by atoms with van der Waals surface area (Å²) in [5.74, 6) is 2.12. The van der Waals surface area contributed by atoms with Gasteiger partial charge in [-0.3, -0.25) is 4.79 Å². The van der Waals surface area contributed by atoms with E-state index in [9.17, 15) is 4.79 Å². The average molecular weight is 444 g/mol. The molecule has 7 heteroatoms. The third-order valence-electron chi connectivity index (χ3n) is 5.62.